The number of aryl methyl sites for hydroxylation is 1. The first kappa shape index (κ1) is 14.9. The Kier molecular flexibility index (Phi) is 4.34. The molecule has 116 valence electrons. The zero-order valence-corrected chi connectivity index (χ0v) is 13.6. The van der Waals surface area contributed by atoms with Crippen molar-refractivity contribution in [2.75, 3.05) is 17.9 Å². The van der Waals surface area contributed by atoms with E-state index < -0.39 is 0 Å². The molecule has 1 aliphatic rings. The second-order valence-electron chi connectivity index (χ2n) is 4.84. The third kappa shape index (κ3) is 2.95. The van der Waals surface area contributed by atoms with E-state index in [0.29, 0.717) is 10.7 Å². The number of thiophene rings is 1. The molecule has 7 nitrogen and oxygen atoms in total. The van der Waals surface area contributed by atoms with Crippen LogP contribution in [0, 0.1) is 0 Å². The number of nitrogens with zero attached hydrogens (tertiary/aromatic N) is 3. The summed E-state index contributed by atoms with van der Waals surface area (Å²) >= 11 is 6.83. The average Bonchev–Trinajstić information content (AvgIpc) is 3.13. The Morgan fingerprint density at radius 2 is 2.09 bits per heavy atom. The number of esters is 1. The molecule has 2 aromatic rings. The Morgan fingerprint density at radius 3 is 2.82 bits per heavy atom. The van der Waals surface area contributed by atoms with E-state index in [9.17, 15) is 4.79 Å². The molecule has 0 amide bonds. The van der Waals surface area contributed by atoms with Gasteiger partial charge in [-0.3, -0.25) is 5.43 Å². The summed E-state index contributed by atoms with van der Waals surface area (Å²) in [5, 5.41) is 11.5. The molecule has 0 fully saturated rings. The van der Waals surface area contributed by atoms with Crippen LogP contribution in [0.25, 0.3) is 0 Å². The predicted molar refractivity (Wildman–Crippen MR) is 87.9 cm³/mol. The molecule has 0 radical (unpaired) electrons. The van der Waals surface area contributed by atoms with Crippen LogP contribution >= 0.6 is 23.6 Å². The van der Waals surface area contributed by atoms with Crippen LogP contribution < -0.4 is 10.7 Å². The summed E-state index contributed by atoms with van der Waals surface area (Å²) in [6, 6.07) is 0. The molecule has 0 aromatic carbocycles. The van der Waals surface area contributed by atoms with E-state index in [1.165, 1.54) is 29.3 Å². The molecule has 3 rings (SSSR count). The zero-order valence-electron chi connectivity index (χ0n) is 12.0. The second kappa shape index (κ2) is 6.41. The Labute approximate surface area is 136 Å². The Hall–Kier alpha value is -2.00. The number of methoxy groups -OCH3 is 1. The van der Waals surface area contributed by atoms with Gasteiger partial charge in [-0.15, -0.1) is 21.5 Å². The number of nitrogens with one attached hydrogen (secondary N) is 2. The molecule has 0 aliphatic heterocycles. The van der Waals surface area contributed by atoms with Gasteiger partial charge in [0.2, 0.25) is 0 Å². The molecular weight excluding hydrogens is 322 g/mol. The van der Waals surface area contributed by atoms with Crippen molar-refractivity contribution in [3.63, 3.8) is 0 Å². The normalized spacial score (nSPS) is 13.3. The van der Waals surface area contributed by atoms with Crippen molar-refractivity contribution in [1.82, 2.24) is 14.9 Å². The molecule has 0 saturated carbocycles. The Balaban J connectivity index is 1.84. The van der Waals surface area contributed by atoms with Crippen LogP contribution in [0.5, 0.6) is 0 Å². The minimum Gasteiger partial charge on any atom is -0.465 e. The number of carbonyl (C=O) groups excluding carboxylic acids is 1. The van der Waals surface area contributed by atoms with Gasteiger partial charge in [0.1, 0.15) is 17.7 Å². The van der Waals surface area contributed by atoms with E-state index in [1.54, 1.807) is 11.3 Å². The largest absolute Gasteiger partial charge is 0.465 e. The molecule has 2 heterocycles. The molecule has 2 aromatic heterocycles. The maximum absolute atomic E-state index is 12.1. The van der Waals surface area contributed by atoms with E-state index in [2.05, 4.69) is 20.9 Å². The molecule has 0 atom stereocenters. The first-order chi connectivity index (χ1) is 10.7. The summed E-state index contributed by atoms with van der Waals surface area (Å²) in [4.78, 5) is 13.4. The summed E-state index contributed by atoms with van der Waals surface area (Å²) in [7, 11) is 1.40. The number of thiocarbonyl (C=S) groups is 1. The SMILES string of the molecule is COC(=O)c1c(NC(=S)Nn2cnnc2)sc2c1CCCC2. The van der Waals surface area contributed by atoms with E-state index in [1.807, 2.05) is 0 Å². The van der Waals surface area contributed by atoms with Crippen molar-refractivity contribution in [3.8, 4) is 0 Å². The topological polar surface area (TPSA) is 81.1 Å². The number of aromatic nitrogens is 3. The molecule has 0 spiro atoms. The fraction of sp³-hybridized carbons (Fsp3) is 0.385. The van der Waals surface area contributed by atoms with E-state index in [0.717, 1.165) is 36.2 Å². The number of fused-ring (bicyclic) bond motifs is 1. The van der Waals surface area contributed by atoms with E-state index in [-0.39, 0.29) is 5.97 Å². The van der Waals surface area contributed by atoms with Gasteiger partial charge in [-0.1, -0.05) is 0 Å². The van der Waals surface area contributed by atoms with Gasteiger partial charge in [-0.05, 0) is 43.5 Å². The highest BCUT2D eigenvalue weighted by Gasteiger charge is 2.26. The molecule has 0 bridgehead atoms. The van der Waals surface area contributed by atoms with Gasteiger partial charge in [-0.25, -0.2) is 9.47 Å². The van der Waals surface area contributed by atoms with Gasteiger partial charge < -0.3 is 10.1 Å². The number of hydrogen-bond donors (Lipinski definition) is 2. The third-order valence-electron chi connectivity index (χ3n) is 3.44. The number of rotatable bonds is 3. The minimum absolute atomic E-state index is 0.325. The molecule has 9 heteroatoms. The van der Waals surface area contributed by atoms with Crippen molar-refractivity contribution in [1.29, 1.82) is 0 Å². The highest BCUT2D eigenvalue weighted by molar-refractivity contribution is 7.80. The predicted octanol–water partition coefficient (Wildman–Crippen LogP) is 1.95. The Bertz CT molecular complexity index is 696. The lowest BCUT2D eigenvalue weighted by Crippen LogP contribution is -2.26. The summed E-state index contributed by atoms with van der Waals surface area (Å²) in [5.74, 6) is -0.325. The van der Waals surface area contributed by atoms with Crippen molar-refractivity contribution in [2.24, 2.45) is 0 Å². The van der Waals surface area contributed by atoms with Gasteiger partial charge in [0.05, 0.1) is 12.7 Å². The van der Waals surface area contributed by atoms with E-state index in [4.69, 9.17) is 17.0 Å². The monoisotopic (exact) mass is 337 g/mol. The molecule has 0 saturated heterocycles. The van der Waals surface area contributed by atoms with Crippen LogP contribution in [0.15, 0.2) is 12.7 Å². The van der Waals surface area contributed by atoms with Gasteiger partial charge in [0.25, 0.3) is 0 Å². The second-order valence-corrected chi connectivity index (χ2v) is 6.36. The maximum Gasteiger partial charge on any atom is 0.341 e. The van der Waals surface area contributed by atoms with Crippen LogP contribution in [-0.2, 0) is 17.6 Å². The van der Waals surface area contributed by atoms with Crippen LogP contribution in [-0.4, -0.2) is 33.1 Å². The summed E-state index contributed by atoms with van der Waals surface area (Å²) in [6.07, 6.45) is 7.14. The van der Waals surface area contributed by atoms with Crippen LogP contribution in [0.4, 0.5) is 5.00 Å². The molecule has 22 heavy (non-hydrogen) atoms. The molecular formula is C13H15N5O2S2. The number of ether oxygens (including phenoxy) is 1. The average molecular weight is 337 g/mol. The first-order valence-corrected chi connectivity index (χ1v) is 8.07. The first-order valence-electron chi connectivity index (χ1n) is 6.84. The van der Waals surface area contributed by atoms with Crippen molar-refractivity contribution in [3.05, 3.63) is 28.7 Å². The van der Waals surface area contributed by atoms with Gasteiger partial charge in [0, 0.05) is 4.88 Å². The fourth-order valence-corrected chi connectivity index (χ4v) is 4.03. The lowest BCUT2D eigenvalue weighted by Gasteiger charge is -2.12. The number of hydrogen-bond acceptors (Lipinski definition) is 6. The van der Waals surface area contributed by atoms with Gasteiger partial charge in [0.15, 0.2) is 5.11 Å². The highest BCUT2D eigenvalue weighted by atomic mass is 32.1. The number of carbonyl (C=O) groups is 1. The fourth-order valence-electron chi connectivity index (χ4n) is 2.48. The standard InChI is InChI=1S/C13H15N5O2S2/c1-20-12(19)10-8-4-2-3-5-9(8)22-11(10)16-13(21)17-18-6-14-15-7-18/h6-7H,2-5H2,1H3,(H2,16,17,21). The highest BCUT2D eigenvalue weighted by Crippen LogP contribution is 2.38. The summed E-state index contributed by atoms with van der Waals surface area (Å²) < 4.78 is 6.46. The smallest absolute Gasteiger partial charge is 0.341 e. The van der Waals surface area contributed by atoms with Crippen LogP contribution in [0.3, 0.4) is 0 Å². The maximum atomic E-state index is 12.1. The lowest BCUT2D eigenvalue weighted by atomic mass is 9.95. The lowest BCUT2D eigenvalue weighted by molar-refractivity contribution is 0.0601. The molecule has 2 N–H and O–H groups in total. The molecule has 1 aliphatic carbocycles. The van der Waals surface area contributed by atoms with Crippen molar-refractivity contribution >= 4 is 39.6 Å². The zero-order chi connectivity index (χ0) is 15.5. The van der Waals surface area contributed by atoms with Gasteiger partial charge in [-0.2, -0.15) is 0 Å². The molecule has 0 unspecified atom stereocenters. The van der Waals surface area contributed by atoms with Crippen molar-refractivity contribution in [2.45, 2.75) is 25.7 Å². The van der Waals surface area contributed by atoms with Crippen LogP contribution in [0.1, 0.15) is 33.6 Å². The van der Waals surface area contributed by atoms with E-state index >= 15 is 0 Å². The summed E-state index contributed by atoms with van der Waals surface area (Å²) in [5.41, 5.74) is 4.60. The Morgan fingerprint density at radius 1 is 1.36 bits per heavy atom. The summed E-state index contributed by atoms with van der Waals surface area (Å²) in [6.45, 7) is 0. The van der Waals surface area contributed by atoms with Gasteiger partial charge >= 0.3 is 5.97 Å². The minimum atomic E-state index is -0.325. The quantitative estimate of drug-likeness (QED) is 0.654. The third-order valence-corrected chi connectivity index (χ3v) is 4.84. The number of anilines is 1. The van der Waals surface area contributed by atoms with Crippen LogP contribution in [0.2, 0.25) is 0 Å². The van der Waals surface area contributed by atoms with Crippen molar-refractivity contribution < 1.29 is 9.53 Å².